The van der Waals surface area contributed by atoms with Gasteiger partial charge in [-0.1, -0.05) is 12.1 Å². The van der Waals surface area contributed by atoms with Crippen LogP contribution >= 0.6 is 0 Å². The van der Waals surface area contributed by atoms with E-state index < -0.39 is 0 Å². The highest BCUT2D eigenvalue weighted by Crippen LogP contribution is 2.28. The number of hydrogen-bond acceptors (Lipinski definition) is 4. The van der Waals surface area contributed by atoms with Gasteiger partial charge < -0.3 is 14.8 Å². The molecule has 0 aliphatic carbocycles. The summed E-state index contributed by atoms with van der Waals surface area (Å²) in [7, 11) is 0. The molecule has 1 N–H and O–H groups in total. The van der Waals surface area contributed by atoms with Gasteiger partial charge in [0.25, 0.3) is 0 Å². The van der Waals surface area contributed by atoms with Crippen molar-refractivity contribution in [3.8, 4) is 5.75 Å². The number of fused-ring (bicyclic) bond motifs is 1. The van der Waals surface area contributed by atoms with Crippen LogP contribution in [-0.2, 0) is 9.53 Å². The van der Waals surface area contributed by atoms with E-state index in [1.807, 2.05) is 24.3 Å². The molecule has 1 unspecified atom stereocenters. The predicted octanol–water partition coefficient (Wildman–Crippen LogP) is 1.81. The van der Waals surface area contributed by atoms with Crippen molar-refractivity contribution < 1.29 is 14.3 Å². The predicted molar refractivity (Wildman–Crippen MR) is 60.6 cm³/mol. The fourth-order valence-electron chi connectivity index (χ4n) is 1.68. The first-order valence-corrected chi connectivity index (χ1v) is 5.44. The Balaban J connectivity index is 1.95. The molecule has 0 spiro atoms. The molecule has 0 bridgehead atoms. The van der Waals surface area contributed by atoms with Crippen LogP contribution in [0.3, 0.4) is 0 Å². The third-order valence-electron chi connectivity index (χ3n) is 2.40. The molecule has 1 heterocycles. The normalized spacial score (nSPS) is 17.9. The quantitative estimate of drug-likeness (QED) is 0.791. The smallest absolute Gasteiger partial charge is 0.309 e. The Morgan fingerprint density at radius 1 is 1.56 bits per heavy atom. The van der Waals surface area contributed by atoms with Crippen LogP contribution < -0.4 is 10.1 Å². The number of carbonyl (C=O) groups is 1. The number of benzene rings is 1. The summed E-state index contributed by atoms with van der Waals surface area (Å²) in [6, 6.07) is 7.70. The average molecular weight is 221 g/mol. The summed E-state index contributed by atoms with van der Waals surface area (Å²) in [5.41, 5.74) is 0.975. The van der Waals surface area contributed by atoms with Crippen LogP contribution in [0.25, 0.3) is 0 Å². The van der Waals surface area contributed by atoms with Crippen LogP contribution in [-0.4, -0.2) is 25.2 Å². The molecule has 1 aliphatic rings. The molecule has 0 fully saturated rings. The minimum Gasteiger partial charge on any atom is -0.486 e. The standard InChI is InChI=1S/C12H15NO3/c1-2-15-12(14)7-9-8-13-10-5-3-4-6-11(10)16-9/h3-6,9,13H,2,7-8H2,1H3. The number of nitrogens with one attached hydrogen (secondary N) is 1. The molecular formula is C12H15NO3. The Hall–Kier alpha value is -1.71. The Morgan fingerprint density at radius 2 is 2.38 bits per heavy atom. The van der Waals surface area contributed by atoms with Gasteiger partial charge in [-0.05, 0) is 19.1 Å². The Labute approximate surface area is 94.6 Å². The van der Waals surface area contributed by atoms with Crippen molar-refractivity contribution in [1.29, 1.82) is 0 Å². The first-order chi connectivity index (χ1) is 7.79. The molecule has 0 saturated carbocycles. The lowest BCUT2D eigenvalue weighted by Gasteiger charge is -2.26. The molecule has 0 saturated heterocycles. The van der Waals surface area contributed by atoms with Gasteiger partial charge in [0.15, 0.2) is 0 Å². The Kier molecular flexibility index (Phi) is 3.29. The molecule has 1 aromatic carbocycles. The van der Waals surface area contributed by atoms with Crippen LogP contribution in [0.5, 0.6) is 5.75 Å². The molecule has 16 heavy (non-hydrogen) atoms. The molecular weight excluding hydrogens is 206 g/mol. The van der Waals surface area contributed by atoms with Crippen molar-refractivity contribution in [3.63, 3.8) is 0 Å². The van der Waals surface area contributed by atoms with Crippen LogP contribution in [0.4, 0.5) is 5.69 Å². The fourth-order valence-corrected chi connectivity index (χ4v) is 1.68. The molecule has 1 aromatic rings. The summed E-state index contributed by atoms with van der Waals surface area (Å²) in [6.07, 6.45) is 0.142. The van der Waals surface area contributed by atoms with Gasteiger partial charge in [-0.3, -0.25) is 4.79 Å². The van der Waals surface area contributed by atoms with Crippen molar-refractivity contribution in [3.05, 3.63) is 24.3 Å². The van der Waals surface area contributed by atoms with Crippen molar-refractivity contribution >= 4 is 11.7 Å². The van der Waals surface area contributed by atoms with E-state index in [-0.39, 0.29) is 18.5 Å². The highest BCUT2D eigenvalue weighted by Gasteiger charge is 2.21. The van der Waals surface area contributed by atoms with Gasteiger partial charge >= 0.3 is 5.97 Å². The molecule has 0 aromatic heterocycles. The highest BCUT2D eigenvalue weighted by atomic mass is 16.5. The number of hydrogen-bond donors (Lipinski definition) is 1. The zero-order valence-corrected chi connectivity index (χ0v) is 9.23. The largest absolute Gasteiger partial charge is 0.486 e. The Morgan fingerprint density at radius 3 is 3.19 bits per heavy atom. The molecule has 4 heteroatoms. The zero-order valence-electron chi connectivity index (χ0n) is 9.23. The van der Waals surface area contributed by atoms with E-state index in [1.165, 1.54) is 0 Å². The summed E-state index contributed by atoms with van der Waals surface area (Å²) >= 11 is 0. The number of carbonyl (C=O) groups excluding carboxylic acids is 1. The minimum atomic E-state index is -0.214. The van der Waals surface area contributed by atoms with Crippen LogP contribution in [0.1, 0.15) is 13.3 Å². The monoisotopic (exact) mass is 221 g/mol. The minimum absolute atomic E-state index is 0.144. The van der Waals surface area contributed by atoms with Gasteiger partial charge in [0.2, 0.25) is 0 Å². The molecule has 4 nitrogen and oxygen atoms in total. The molecule has 86 valence electrons. The van der Waals surface area contributed by atoms with E-state index in [2.05, 4.69) is 5.32 Å². The SMILES string of the molecule is CCOC(=O)CC1CNc2ccccc2O1. The summed E-state index contributed by atoms with van der Waals surface area (Å²) in [4.78, 5) is 11.3. The lowest BCUT2D eigenvalue weighted by atomic mass is 10.2. The molecule has 1 aliphatic heterocycles. The maximum atomic E-state index is 11.3. The van der Waals surface area contributed by atoms with E-state index in [1.54, 1.807) is 6.92 Å². The second-order valence-corrected chi connectivity index (χ2v) is 3.63. The van der Waals surface area contributed by atoms with Gasteiger partial charge in [0, 0.05) is 0 Å². The lowest BCUT2D eigenvalue weighted by Crippen LogP contribution is -2.33. The van der Waals surface area contributed by atoms with E-state index in [0.29, 0.717) is 13.2 Å². The van der Waals surface area contributed by atoms with Gasteiger partial charge in [-0.2, -0.15) is 0 Å². The van der Waals surface area contributed by atoms with Gasteiger partial charge in [0.05, 0.1) is 25.3 Å². The number of ether oxygens (including phenoxy) is 2. The zero-order chi connectivity index (χ0) is 11.4. The Bertz CT molecular complexity index is 378. The number of esters is 1. The van der Waals surface area contributed by atoms with Gasteiger partial charge in [-0.25, -0.2) is 0 Å². The number of rotatable bonds is 3. The third kappa shape index (κ3) is 2.45. The van der Waals surface area contributed by atoms with Crippen molar-refractivity contribution in [2.45, 2.75) is 19.4 Å². The third-order valence-corrected chi connectivity index (χ3v) is 2.40. The summed E-state index contributed by atoms with van der Waals surface area (Å²) in [5.74, 6) is 0.580. The number of para-hydroxylation sites is 2. The van der Waals surface area contributed by atoms with E-state index in [4.69, 9.17) is 9.47 Å². The van der Waals surface area contributed by atoms with E-state index >= 15 is 0 Å². The summed E-state index contributed by atoms with van der Waals surface area (Å²) in [6.45, 7) is 2.85. The van der Waals surface area contributed by atoms with Crippen LogP contribution in [0, 0.1) is 0 Å². The molecule has 0 amide bonds. The second kappa shape index (κ2) is 4.88. The topological polar surface area (TPSA) is 47.6 Å². The average Bonchev–Trinajstić information content (AvgIpc) is 2.29. The fraction of sp³-hybridized carbons (Fsp3) is 0.417. The summed E-state index contributed by atoms with van der Waals surface area (Å²) in [5, 5.41) is 3.23. The first kappa shape index (κ1) is 10.8. The second-order valence-electron chi connectivity index (χ2n) is 3.63. The van der Waals surface area contributed by atoms with Crippen LogP contribution in [0.15, 0.2) is 24.3 Å². The van der Waals surface area contributed by atoms with Gasteiger partial charge in [-0.15, -0.1) is 0 Å². The van der Waals surface area contributed by atoms with E-state index in [0.717, 1.165) is 11.4 Å². The number of anilines is 1. The molecule has 0 radical (unpaired) electrons. The first-order valence-electron chi connectivity index (χ1n) is 5.44. The van der Waals surface area contributed by atoms with Crippen molar-refractivity contribution in [1.82, 2.24) is 0 Å². The summed E-state index contributed by atoms with van der Waals surface area (Å²) < 4.78 is 10.6. The highest BCUT2D eigenvalue weighted by molar-refractivity contribution is 5.70. The van der Waals surface area contributed by atoms with Crippen molar-refractivity contribution in [2.75, 3.05) is 18.5 Å². The van der Waals surface area contributed by atoms with E-state index in [9.17, 15) is 4.79 Å². The van der Waals surface area contributed by atoms with Crippen LogP contribution in [0.2, 0.25) is 0 Å². The molecule has 2 rings (SSSR count). The maximum Gasteiger partial charge on any atom is 0.309 e. The van der Waals surface area contributed by atoms with Crippen molar-refractivity contribution in [2.24, 2.45) is 0 Å². The lowest BCUT2D eigenvalue weighted by molar-refractivity contribution is -0.144. The molecule has 1 atom stereocenters. The van der Waals surface area contributed by atoms with Gasteiger partial charge in [0.1, 0.15) is 11.9 Å². The maximum absolute atomic E-state index is 11.3.